The number of carboxylic acid groups (broad SMARTS) is 1. The van der Waals surface area contributed by atoms with Crippen LogP contribution < -0.4 is 0 Å². The summed E-state index contributed by atoms with van der Waals surface area (Å²) in [5, 5.41) is 8.98. The van der Waals surface area contributed by atoms with Crippen LogP contribution in [0, 0.1) is 0 Å². The van der Waals surface area contributed by atoms with E-state index in [2.05, 4.69) is 9.97 Å². The molecule has 0 aliphatic rings. The van der Waals surface area contributed by atoms with Crippen LogP contribution in [0.2, 0.25) is 0 Å². The highest BCUT2D eigenvalue weighted by atomic mass is 16.4. The van der Waals surface area contributed by atoms with Crippen LogP contribution in [0.3, 0.4) is 0 Å². The zero-order valence-electron chi connectivity index (χ0n) is 8.51. The van der Waals surface area contributed by atoms with Crippen molar-refractivity contribution in [2.75, 3.05) is 0 Å². The number of hydrogen-bond donors (Lipinski definition) is 1. The van der Waals surface area contributed by atoms with Crippen LogP contribution in [-0.4, -0.2) is 25.4 Å². The Labute approximate surface area is 86.4 Å². The average molecular weight is 205 g/mol. The first-order valence-corrected chi connectivity index (χ1v) is 4.66. The number of aromatic nitrogens is 3. The van der Waals surface area contributed by atoms with Gasteiger partial charge in [-0.15, -0.1) is 0 Å². The van der Waals surface area contributed by atoms with Gasteiger partial charge in [0.25, 0.3) is 0 Å². The van der Waals surface area contributed by atoms with E-state index in [1.807, 2.05) is 13.8 Å². The molecule has 5 heteroatoms. The molecule has 1 N–H and O–H groups in total. The van der Waals surface area contributed by atoms with Crippen molar-refractivity contribution in [2.45, 2.75) is 19.8 Å². The lowest BCUT2D eigenvalue weighted by atomic mass is 10.2. The summed E-state index contributed by atoms with van der Waals surface area (Å²) in [4.78, 5) is 19.0. The maximum absolute atomic E-state index is 11.0. The standard InChI is InChI=1S/C10H11N3O2/c1-6(2)9-12-8(10(14)15)7-3-4-11-5-13(7)9/h3-6H,1-2H3,(H,14,15). The Bertz CT molecular complexity index is 516. The van der Waals surface area contributed by atoms with Crippen molar-refractivity contribution < 1.29 is 9.90 Å². The minimum atomic E-state index is -1.01. The molecule has 0 aliphatic carbocycles. The monoisotopic (exact) mass is 205 g/mol. The highest BCUT2D eigenvalue weighted by molar-refractivity contribution is 5.93. The normalized spacial score (nSPS) is 11.1. The van der Waals surface area contributed by atoms with E-state index in [0.717, 1.165) is 5.82 Å². The second-order valence-corrected chi connectivity index (χ2v) is 3.61. The van der Waals surface area contributed by atoms with Crippen LogP contribution in [0.4, 0.5) is 0 Å². The molecule has 0 amide bonds. The van der Waals surface area contributed by atoms with Crippen molar-refractivity contribution >= 4 is 11.5 Å². The Balaban J connectivity index is 2.79. The summed E-state index contributed by atoms with van der Waals surface area (Å²) in [5.41, 5.74) is 0.669. The van der Waals surface area contributed by atoms with Gasteiger partial charge in [0, 0.05) is 12.1 Å². The minimum absolute atomic E-state index is 0.0844. The summed E-state index contributed by atoms with van der Waals surface area (Å²) in [6.07, 6.45) is 3.15. The van der Waals surface area contributed by atoms with Gasteiger partial charge in [-0.3, -0.25) is 4.40 Å². The maximum atomic E-state index is 11.0. The van der Waals surface area contributed by atoms with Crippen molar-refractivity contribution in [2.24, 2.45) is 0 Å². The van der Waals surface area contributed by atoms with Crippen LogP contribution in [0.25, 0.3) is 5.52 Å². The highest BCUT2D eigenvalue weighted by Gasteiger charge is 2.17. The Hall–Kier alpha value is -1.91. The largest absolute Gasteiger partial charge is 0.476 e. The molecule has 2 aromatic heterocycles. The van der Waals surface area contributed by atoms with E-state index in [1.54, 1.807) is 23.0 Å². The second-order valence-electron chi connectivity index (χ2n) is 3.61. The number of hydrogen-bond acceptors (Lipinski definition) is 3. The van der Waals surface area contributed by atoms with Gasteiger partial charge in [0.15, 0.2) is 5.69 Å². The fraction of sp³-hybridized carbons (Fsp3) is 0.300. The lowest BCUT2D eigenvalue weighted by Gasteiger charge is -2.01. The first kappa shape index (κ1) is 9.64. The fourth-order valence-electron chi connectivity index (χ4n) is 1.53. The van der Waals surface area contributed by atoms with Crippen LogP contribution in [0.1, 0.15) is 36.1 Å². The maximum Gasteiger partial charge on any atom is 0.356 e. The number of aromatic carboxylic acids is 1. The Morgan fingerprint density at radius 2 is 2.27 bits per heavy atom. The lowest BCUT2D eigenvalue weighted by molar-refractivity contribution is 0.0693. The first-order chi connectivity index (χ1) is 7.11. The summed E-state index contributed by atoms with van der Waals surface area (Å²) in [6.45, 7) is 3.93. The SMILES string of the molecule is CC(C)c1nc(C(=O)O)c2ccncn12. The van der Waals surface area contributed by atoms with Crippen LogP contribution in [0.15, 0.2) is 18.6 Å². The van der Waals surface area contributed by atoms with Gasteiger partial charge in [-0.05, 0) is 6.07 Å². The van der Waals surface area contributed by atoms with E-state index in [1.165, 1.54) is 0 Å². The van der Waals surface area contributed by atoms with Gasteiger partial charge in [-0.2, -0.15) is 0 Å². The van der Waals surface area contributed by atoms with Gasteiger partial charge in [0.2, 0.25) is 0 Å². The molecular formula is C10H11N3O2. The molecule has 0 spiro atoms. The average Bonchev–Trinajstić information content (AvgIpc) is 2.56. The van der Waals surface area contributed by atoms with Gasteiger partial charge in [-0.25, -0.2) is 14.8 Å². The van der Waals surface area contributed by atoms with E-state index >= 15 is 0 Å². The molecule has 0 atom stereocenters. The summed E-state index contributed by atoms with van der Waals surface area (Å²) in [7, 11) is 0. The molecule has 0 bridgehead atoms. The number of nitrogens with zero attached hydrogens (tertiary/aromatic N) is 3. The predicted octanol–water partition coefficient (Wildman–Crippen LogP) is 1.55. The topological polar surface area (TPSA) is 67.5 Å². The molecule has 0 saturated heterocycles. The van der Waals surface area contributed by atoms with Gasteiger partial charge in [0.1, 0.15) is 12.2 Å². The number of carbonyl (C=O) groups is 1. The summed E-state index contributed by atoms with van der Waals surface area (Å²) in [6, 6.07) is 1.66. The molecule has 0 fully saturated rings. The third-order valence-electron chi connectivity index (χ3n) is 2.19. The summed E-state index contributed by atoms with van der Waals surface area (Å²) in [5.74, 6) is -0.129. The first-order valence-electron chi connectivity index (χ1n) is 4.66. The third kappa shape index (κ3) is 1.45. The second kappa shape index (κ2) is 3.34. The predicted molar refractivity (Wildman–Crippen MR) is 54.0 cm³/mol. The molecule has 0 saturated carbocycles. The zero-order valence-corrected chi connectivity index (χ0v) is 8.51. The number of imidazole rings is 1. The quantitative estimate of drug-likeness (QED) is 0.807. The lowest BCUT2D eigenvalue weighted by Crippen LogP contribution is -1.98. The number of rotatable bonds is 2. The van der Waals surface area contributed by atoms with Crippen LogP contribution in [-0.2, 0) is 0 Å². The Morgan fingerprint density at radius 1 is 1.53 bits per heavy atom. The van der Waals surface area contributed by atoms with Crippen LogP contribution in [0.5, 0.6) is 0 Å². The highest BCUT2D eigenvalue weighted by Crippen LogP contribution is 2.18. The molecule has 2 rings (SSSR count). The molecule has 0 radical (unpaired) electrons. The van der Waals surface area contributed by atoms with Gasteiger partial charge >= 0.3 is 5.97 Å². The van der Waals surface area contributed by atoms with E-state index in [4.69, 9.17) is 5.11 Å². The van der Waals surface area contributed by atoms with E-state index < -0.39 is 5.97 Å². The molecular weight excluding hydrogens is 194 g/mol. The van der Waals surface area contributed by atoms with Gasteiger partial charge < -0.3 is 5.11 Å². The van der Waals surface area contributed by atoms with Gasteiger partial charge in [0.05, 0.1) is 5.52 Å². The smallest absolute Gasteiger partial charge is 0.356 e. The van der Waals surface area contributed by atoms with Crippen LogP contribution >= 0.6 is 0 Å². The molecule has 15 heavy (non-hydrogen) atoms. The third-order valence-corrected chi connectivity index (χ3v) is 2.19. The number of carboxylic acids is 1. The van der Waals surface area contributed by atoms with Crippen molar-refractivity contribution in [3.05, 3.63) is 30.1 Å². The van der Waals surface area contributed by atoms with Crippen molar-refractivity contribution in [1.29, 1.82) is 0 Å². The summed E-state index contributed by atoms with van der Waals surface area (Å²) >= 11 is 0. The minimum Gasteiger partial charge on any atom is -0.476 e. The van der Waals surface area contributed by atoms with E-state index in [0.29, 0.717) is 5.52 Å². The summed E-state index contributed by atoms with van der Waals surface area (Å²) < 4.78 is 1.72. The zero-order chi connectivity index (χ0) is 11.0. The van der Waals surface area contributed by atoms with Crippen molar-refractivity contribution in [1.82, 2.24) is 14.4 Å². The number of fused-ring (bicyclic) bond motifs is 1. The molecule has 0 aromatic carbocycles. The Kier molecular flexibility index (Phi) is 2.15. The van der Waals surface area contributed by atoms with E-state index in [-0.39, 0.29) is 11.6 Å². The molecule has 78 valence electrons. The Morgan fingerprint density at radius 3 is 2.87 bits per heavy atom. The molecule has 5 nitrogen and oxygen atoms in total. The van der Waals surface area contributed by atoms with E-state index in [9.17, 15) is 4.79 Å². The molecule has 2 aromatic rings. The molecule has 2 heterocycles. The van der Waals surface area contributed by atoms with Gasteiger partial charge in [-0.1, -0.05) is 13.8 Å². The van der Waals surface area contributed by atoms with Crippen molar-refractivity contribution in [3.63, 3.8) is 0 Å². The fourth-order valence-corrected chi connectivity index (χ4v) is 1.53. The van der Waals surface area contributed by atoms with Crippen molar-refractivity contribution in [3.8, 4) is 0 Å². The molecule has 0 aliphatic heterocycles. The molecule has 0 unspecified atom stereocenters.